The molecule has 1 N–H and O–H groups in total. The maximum atomic E-state index is 11.8. The van der Waals surface area contributed by atoms with Crippen LogP contribution < -0.4 is 5.32 Å². The Labute approximate surface area is 114 Å². The molecule has 104 valence electrons. The van der Waals surface area contributed by atoms with E-state index in [0.717, 1.165) is 11.1 Å². The van der Waals surface area contributed by atoms with Gasteiger partial charge in [0.05, 0.1) is 5.56 Å². The Kier molecular flexibility index (Phi) is 5.55. The number of amides is 1. The summed E-state index contributed by atoms with van der Waals surface area (Å²) >= 11 is 0. The van der Waals surface area contributed by atoms with Gasteiger partial charge < -0.3 is 10.1 Å². The minimum Gasteiger partial charge on any atom is -0.452 e. The molecule has 0 unspecified atom stereocenters. The Bertz CT molecular complexity index is 446. The van der Waals surface area contributed by atoms with Gasteiger partial charge in [0.1, 0.15) is 0 Å². The number of carbonyl (C=O) groups is 2. The third kappa shape index (κ3) is 5.55. The number of aryl methyl sites for hydroxylation is 2. The van der Waals surface area contributed by atoms with Crippen LogP contribution in [0.15, 0.2) is 18.2 Å². The van der Waals surface area contributed by atoms with Crippen molar-refractivity contribution in [2.75, 3.05) is 13.2 Å². The number of benzene rings is 1. The fourth-order valence-corrected chi connectivity index (χ4v) is 1.68. The van der Waals surface area contributed by atoms with Crippen LogP contribution in [-0.2, 0) is 9.53 Å². The molecule has 4 heteroatoms. The number of ether oxygens (including phenoxy) is 1. The summed E-state index contributed by atoms with van der Waals surface area (Å²) in [6, 6.07) is 5.48. The molecule has 0 saturated carbocycles. The Morgan fingerprint density at radius 2 is 1.74 bits per heavy atom. The first-order chi connectivity index (χ1) is 8.88. The highest BCUT2D eigenvalue weighted by atomic mass is 16.5. The van der Waals surface area contributed by atoms with Crippen LogP contribution in [0, 0.1) is 19.8 Å². The lowest BCUT2D eigenvalue weighted by molar-refractivity contribution is -0.124. The van der Waals surface area contributed by atoms with Gasteiger partial charge in [-0.15, -0.1) is 0 Å². The predicted molar refractivity (Wildman–Crippen MR) is 74.0 cm³/mol. The molecule has 4 nitrogen and oxygen atoms in total. The van der Waals surface area contributed by atoms with Gasteiger partial charge in [0.15, 0.2) is 6.61 Å². The summed E-state index contributed by atoms with van der Waals surface area (Å²) in [5, 5.41) is 2.70. The molecule has 0 heterocycles. The van der Waals surface area contributed by atoms with Crippen LogP contribution >= 0.6 is 0 Å². The van der Waals surface area contributed by atoms with Gasteiger partial charge in [-0.2, -0.15) is 0 Å². The van der Waals surface area contributed by atoms with E-state index < -0.39 is 5.97 Å². The summed E-state index contributed by atoms with van der Waals surface area (Å²) in [6.45, 7) is 8.18. The number of hydrogen-bond acceptors (Lipinski definition) is 3. The van der Waals surface area contributed by atoms with E-state index in [2.05, 4.69) is 5.32 Å². The topological polar surface area (TPSA) is 55.4 Å². The number of hydrogen-bond donors (Lipinski definition) is 1. The third-order valence-corrected chi connectivity index (χ3v) is 2.50. The van der Waals surface area contributed by atoms with Gasteiger partial charge in [0, 0.05) is 6.54 Å². The highest BCUT2D eigenvalue weighted by Crippen LogP contribution is 2.09. The molecule has 0 saturated heterocycles. The second-order valence-electron chi connectivity index (χ2n) is 5.15. The van der Waals surface area contributed by atoms with E-state index in [1.807, 2.05) is 33.8 Å². The normalized spacial score (nSPS) is 10.4. The summed E-state index contributed by atoms with van der Waals surface area (Å²) in [5.41, 5.74) is 2.47. The summed E-state index contributed by atoms with van der Waals surface area (Å²) in [4.78, 5) is 23.2. The van der Waals surface area contributed by atoms with Gasteiger partial charge in [-0.25, -0.2) is 4.79 Å². The van der Waals surface area contributed by atoms with Crippen LogP contribution in [0.5, 0.6) is 0 Å². The predicted octanol–water partition coefficient (Wildman–Crippen LogP) is 2.23. The van der Waals surface area contributed by atoms with Crippen molar-refractivity contribution in [3.05, 3.63) is 34.9 Å². The Morgan fingerprint density at radius 1 is 1.16 bits per heavy atom. The van der Waals surface area contributed by atoms with E-state index in [1.165, 1.54) is 0 Å². The second-order valence-corrected chi connectivity index (χ2v) is 5.15. The van der Waals surface area contributed by atoms with E-state index in [1.54, 1.807) is 12.1 Å². The molecule has 0 aliphatic rings. The van der Waals surface area contributed by atoms with Crippen molar-refractivity contribution >= 4 is 11.9 Å². The highest BCUT2D eigenvalue weighted by Gasteiger charge is 2.11. The van der Waals surface area contributed by atoms with Crippen molar-refractivity contribution in [2.24, 2.45) is 5.92 Å². The lowest BCUT2D eigenvalue weighted by Crippen LogP contribution is -2.31. The van der Waals surface area contributed by atoms with E-state index in [0.29, 0.717) is 18.0 Å². The lowest BCUT2D eigenvalue weighted by atomic mass is 10.1. The molecule has 0 fully saturated rings. The first kappa shape index (κ1) is 15.2. The summed E-state index contributed by atoms with van der Waals surface area (Å²) < 4.78 is 4.98. The van der Waals surface area contributed by atoms with Crippen molar-refractivity contribution < 1.29 is 14.3 Å². The summed E-state index contributed by atoms with van der Waals surface area (Å²) in [5.74, 6) is -0.364. The number of carbonyl (C=O) groups excluding carboxylic acids is 2. The standard InChI is InChI=1S/C15H21NO3/c1-10(2)8-16-14(17)9-19-15(18)13-6-11(3)5-12(4)7-13/h5-7,10H,8-9H2,1-4H3,(H,16,17). The zero-order valence-electron chi connectivity index (χ0n) is 11.9. The average Bonchev–Trinajstić information content (AvgIpc) is 2.32. The minimum atomic E-state index is -0.466. The largest absolute Gasteiger partial charge is 0.452 e. The van der Waals surface area contributed by atoms with Crippen LogP contribution in [0.1, 0.15) is 35.3 Å². The molecular weight excluding hydrogens is 242 g/mol. The van der Waals surface area contributed by atoms with Crippen molar-refractivity contribution in [1.29, 1.82) is 0 Å². The minimum absolute atomic E-state index is 0.238. The molecule has 1 rings (SSSR count). The SMILES string of the molecule is Cc1cc(C)cc(C(=O)OCC(=O)NCC(C)C)c1. The maximum Gasteiger partial charge on any atom is 0.338 e. The van der Waals surface area contributed by atoms with E-state index >= 15 is 0 Å². The molecule has 0 aliphatic heterocycles. The average molecular weight is 263 g/mol. The highest BCUT2D eigenvalue weighted by molar-refractivity contribution is 5.91. The molecule has 1 amide bonds. The van der Waals surface area contributed by atoms with Crippen molar-refractivity contribution in [2.45, 2.75) is 27.7 Å². The third-order valence-electron chi connectivity index (χ3n) is 2.50. The van der Waals surface area contributed by atoms with E-state index in [-0.39, 0.29) is 12.5 Å². The van der Waals surface area contributed by atoms with Crippen LogP contribution in [0.25, 0.3) is 0 Å². The molecule has 0 spiro atoms. The number of rotatable bonds is 5. The number of nitrogens with one attached hydrogen (secondary N) is 1. The second kappa shape index (κ2) is 6.92. The smallest absolute Gasteiger partial charge is 0.338 e. The van der Waals surface area contributed by atoms with Crippen LogP contribution in [0.3, 0.4) is 0 Å². The molecule has 0 atom stereocenters. The molecule has 0 aliphatic carbocycles. The molecular formula is C15H21NO3. The maximum absolute atomic E-state index is 11.8. The first-order valence-electron chi connectivity index (χ1n) is 6.40. The molecule has 19 heavy (non-hydrogen) atoms. The van der Waals surface area contributed by atoms with Crippen molar-refractivity contribution in [3.63, 3.8) is 0 Å². The van der Waals surface area contributed by atoms with Gasteiger partial charge in [0.25, 0.3) is 5.91 Å². The Balaban J connectivity index is 2.49. The van der Waals surface area contributed by atoms with Crippen molar-refractivity contribution in [1.82, 2.24) is 5.32 Å². The Hall–Kier alpha value is -1.84. The van der Waals surface area contributed by atoms with Crippen LogP contribution in [0.2, 0.25) is 0 Å². The zero-order chi connectivity index (χ0) is 14.4. The fourth-order valence-electron chi connectivity index (χ4n) is 1.68. The van der Waals surface area contributed by atoms with Crippen molar-refractivity contribution in [3.8, 4) is 0 Å². The first-order valence-corrected chi connectivity index (χ1v) is 6.40. The van der Waals surface area contributed by atoms with E-state index in [4.69, 9.17) is 4.74 Å². The van der Waals surface area contributed by atoms with Gasteiger partial charge in [-0.05, 0) is 31.9 Å². The van der Waals surface area contributed by atoms with Gasteiger partial charge in [0.2, 0.25) is 0 Å². The molecule has 0 aromatic heterocycles. The summed E-state index contributed by atoms with van der Waals surface area (Å²) in [7, 11) is 0. The quantitative estimate of drug-likeness (QED) is 0.829. The Morgan fingerprint density at radius 3 is 2.26 bits per heavy atom. The molecule has 0 radical (unpaired) electrons. The number of esters is 1. The molecule has 1 aromatic carbocycles. The van der Waals surface area contributed by atoms with E-state index in [9.17, 15) is 9.59 Å². The fraction of sp³-hybridized carbons (Fsp3) is 0.467. The molecule has 1 aromatic rings. The monoisotopic (exact) mass is 263 g/mol. The van der Waals surface area contributed by atoms with Crippen LogP contribution in [-0.4, -0.2) is 25.0 Å². The van der Waals surface area contributed by atoms with Gasteiger partial charge >= 0.3 is 5.97 Å². The van der Waals surface area contributed by atoms with Gasteiger partial charge in [-0.1, -0.05) is 31.0 Å². The lowest BCUT2D eigenvalue weighted by Gasteiger charge is -2.09. The zero-order valence-corrected chi connectivity index (χ0v) is 11.9. The van der Waals surface area contributed by atoms with Crippen LogP contribution in [0.4, 0.5) is 0 Å². The molecule has 0 bridgehead atoms. The van der Waals surface area contributed by atoms with Gasteiger partial charge in [-0.3, -0.25) is 4.79 Å². The summed E-state index contributed by atoms with van der Waals surface area (Å²) in [6.07, 6.45) is 0.